The molecular weight excluding hydrogens is 630 g/mol. The first kappa shape index (κ1) is 29.0. The monoisotopic (exact) mass is 650 g/mol. The molecule has 1 aliphatic heterocycles. The van der Waals surface area contributed by atoms with Crippen LogP contribution in [-0.2, 0) is 16.1 Å². The second-order valence-corrected chi connectivity index (χ2v) is 10.7. The van der Waals surface area contributed by atoms with Gasteiger partial charge >= 0.3 is 0 Å². The van der Waals surface area contributed by atoms with E-state index in [4.69, 9.17) is 9.15 Å². The van der Waals surface area contributed by atoms with E-state index in [1.54, 1.807) is 54.6 Å². The molecule has 0 saturated carbocycles. The summed E-state index contributed by atoms with van der Waals surface area (Å²) < 4.78 is 39.1. The van der Waals surface area contributed by atoms with Crippen molar-refractivity contribution in [2.45, 2.75) is 6.54 Å². The molecule has 2 amide bonds. The minimum absolute atomic E-state index is 0.107. The number of halogens is 3. The number of carbonyl (C=O) groups excluding carboxylic acids is 2. The summed E-state index contributed by atoms with van der Waals surface area (Å²) in [5, 5.41) is 11.1. The SMILES string of the molecule is O=C(COc1ccc(Br)cc1/C=C1\S/C(=N/N=C\c2ccccc2F)N(Cc2ccco2)C1=O)Nc1ccc(F)cc1. The molecular formula is C30H21BrF2N4O4S. The number of nitrogens with zero attached hydrogens (tertiary/aromatic N) is 3. The summed E-state index contributed by atoms with van der Waals surface area (Å²) in [6.07, 6.45) is 4.41. The van der Waals surface area contributed by atoms with E-state index in [2.05, 4.69) is 31.4 Å². The molecule has 0 atom stereocenters. The van der Waals surface area contributed by atoms with E-state index in [-0.39, 0.29) is 29.8 Å². The van der Waals surface area contributed by atoms with Crippen LogP contribution in [0.4, 0.5) is 14.5 Å². The average molecular weight is 651 g/mol. The summed E-state index contributed by atoms with van der Waals surface area (Å²) in [5.74, 6) is -0.761. The van der Waals surface area contributed by atoms with Crippen molar-refractivity contribution in [1.29, 1.82) is 0 Å². The molecule has 1 aromatic heterocycles. The number of nitrogens with one attached hydrogen (secondary N) is 1. The van der Waals surface area contributed by atoms with Crippen molar-refractivity contribution in [2.75, 3.05) is 11.9 Å². The van der Waals surface area contributed by atoms with Crippen molar-refractivity contribution in [3.05, 3.63) is 123 Å². The highest BCUT2D eigenvalue weighted by molar-refractivity contribution is 9.10. The molecule has 2 heterocycles. The van der Waals surface area contributed by atoms with Gasteiger partial charge < -0.3 is 14.5 Å². The Balaban J connectivity index is 1.37. The van der Waals surface area contributed by atoms with Gasteiger partial charge in [0.1, 0.15) is 23.1 Å². The predicted molar refractivity (Wildman–Crippen MR) is 161 cm³/mol. The lowest BCUT2D eigenvalue weighted by Crippen LogP contribution is -2.28. The fraction of sp³-hybridized carbons (Fsp3) is 0.0667. The van der Waals surface area contributed by atoms with Crippen LogP contribution in [0.1, 0.15) is 16.9 Å². The lowest BCUT2D eigenvalue weighted by atomic mass is 10.2. The molecule has 8 nitrogen and oxygen atoms in total. The summed E-state index contributed by atoms with van der Waals surface area (Å²) in [7, 11) is 0. The van der Waals surface area contributed by atoms with E-state index in [1.807, 2.05) is 0 Å². The van der Waals surface area contributed by atoms with Gasteiger partial charge in [-0.15, -0.1) is 5.10 Å². The molecule has 5 rings (SSSR count). The Hall–Kier alpha value is -4.55. The third-order valence-corrected chi connectivity index (χ3v) is 7.26. The zero-order valence-electron chi connectivity index (χ0n) is 21.7. The highest BCUT2D eigenvalue weighted by Gasteiger charge is 2.34. The standard InChI is InChI=1S/C30H21BrF2N4O4S/c31-21-7-12-26(41-18-28(38)35-23-10-8-22(32)9-11-23)20(14-21)15-27-29(39)37(17-24-5-3-13-40-24)30(42-27)36-34-16-19-4-1-2-6-25(19)33/h1-16H,17-18H2,(H,35,38)/b27-15-,34-16-,36-30+. The molecule has 3 aromatic carbocycles. The number of hydrogen-bond acceptors (Lipinski definition) is 7. The van der Waals surface area contributed by atoms with Gasteiger partial charge in [-0.05, 0) is 78.5 Å². The Morgan fingerprint density at radius 3 is 2.62 bits per heavy atom. The van der Waals surface area contributed by atoms with Crippen LogP contribution in [0.2, 0.25) is 0 Å². The molecule has 4 aromatic rings. The van der Waals surface area contributed by atoms with Gasteiger partial charge in [0, 0.05) is 21.3 Å². The normalized spacial score (nSPS) is 15.2. The number of carbonyl (C=O) groups is 2. The number of anilines is 1. The Bertz CT molecular complexity index is 1690. The Morgan fingerprint density at radius 1 is 1.05 bits per heavy atom. The number of amidine groups is 1. The van der Waals surface area contributed by atoms with Gasteiger partial charge in [0.15, 0.2) is 11.8 Å². The van der Waals surface area contributed by atoms with Crippen LogP contribution >= 0.6 is 27.7 Å². The third-order valence-electron chi connectivity index (χ3n) is 5.77. The molecule has 0 radical (unpaired) electrons. The van der Waals surface area contributed by atoms with Crippen LogP contribution in [0.3, 0.4) is 0 Å². The van der Waals surface area contributed by atoms with Crippen LogP contribution in [0, 0.1) is 11.6 Å². The second-order valence-electron chi connectivity index (χ2n) is 8.76. The summed E-state index contributed by atoms with van der Waals surface area (Å²) in [5.41, 5.74) is 1.21. The van der Waals surface area contributed by atoms with Crippen molar-refractivity contribution in [2.24, 2.45) is 10.2 Å². The number of thioether (sulfide) groups is 1. The fourth-order valence-electron chi connectivity index (χ4n) is 3.78. The maximum Gasteiger partial charge on any atom is 0.267 e. The number of amides is 2. The molecule has 0 unspecified atom stereocenters. The summed E-state index contributed by atoms with van der Waals surface area (Å²) >= 11 is 4.52. The van der Waals surface area contributed by atoms with Crippen molar-refractivity contribution in [1.82, 2.24) is 4.90 Å². The van der Waals surface area contributed by atoms with E-state index in [1.165, 1.54) is 47.7 Å². The van der Waals surface area contributed by atoms with Crippen molar-refractivity contribution >= 4 is 62.7 Å². The summed E-state index contributed by atoms with van der Waals surface area (Å²) in [4.78, 5) is 27.6. The third kappa shape index (κ3) is 7.39. The number of furan rings is 1. The predicted octanol–water partition coefficient (Wildman–Crippen LogP) is 6.84. The van der Waals surface area contributed by atoms with E-state index in [0.29, 0.717) is 27.7 Å². The van der Waals surface area contributed by atoms with Crippen LogP contribution < -0.4 is 10.1 Å². The molecule has 1 saturated heterocycles. The number of rotatable bonds is 9. The largest absolute Gasteiger partial charge is 0.483 e. The molecule has 42 heavy (non-hydrogen) atoms. The molecule has 0 bridgehead atoms. The molecule has 12 heteroatoms. The molecule has 0 spiro atoms. The quantitative estimate of drug-likeness (QED) is 0.121. The van der Waals surface area contributed by atoms with Crippen molar-refractivity contribution < 1.29 is 27.5 Å². The van der Waals surface area contributed by atoms with Gasteiger partial charge in [-0.3, -0.25) is 14.5 Å². The van der Waals surface area contributed by atoms with E-state index >= 15 is 0 Å². The van der Waals surface area contributed by atoms with Gasteiger partial charge in [-0.1, -0.05) is 34.1 Å². The highest BCUT2D eigenvalue weighted by atomic mass is 79.9. The molecule has 1 N–H and O–H groups in total. The highest BCUT2D eigenvalue weighted by Crippen LogP contribution is 2.36. The minimum atomic E-state index is -0.446. The molecule has 1 aliphatic rings. The van der Waals surface area contributed by atoms with Crippen LogP contribution in [0.5, 0.6) is 5.75 Å². The van der Waals surface area contributed by atoms with Crippen molar-refractivity contribution in [3.8, 4) is 5.75 Å². The zero-order chi connectivity index (χ0) is 29.5. The first-order valence-corrected chi connectivity index (χ1v) is 14.0. The van der Waals surface area contributed by atoms with Crippen LogP contribution in [-0.4, -0.2) is 34.7 Å². The van der Waals surface area contributed by atoms with Crippen LogP contribution in [0.25, 0.3) is 6.08 Å². The lowest BCUT2D eigenvalue weighted by molar-refractivity contribution is -0.122. The Labute approximate surface area is 251 Å². The van der Waals surface area contributed by atoms with Crippen molar-refractivity contribution in [3.63, 3.8) is 0 Å². The number of hydrogen-bond donors (Lipinski definition) is 1. The summed E-state index contributed by atoms with van der Waals surface area (Å²) in [6, 6.07) is 20.1. The minimum Gasteiger partial charge on any atom is -0.483 e. The first-order valence-electron chi connectivity index (χ1n) is 12.4. The van der Waals surface area contributed by atoms with E-state index < -0.39 is 17.5 Å². The average Bonchev–Trinajstić information content (AvgIpc) is 3.59. The summed E-state index contributed by atoms with van der Waals surface area (Å²) in [6.45, 7) is -0.214. The number of benzene rings is 3. The second kappa shape index (κ2) is 13.4. The van der Waals surface area contributed by atoms with Gasteiger partial charge in [0.25, 0.3) is 11.8 Å². The maximum absolute atomic E-state index is 14.0. The van der Waals surface area contributed by atoms with Crippen LogP contribution in [0.15, 0.2) is 109 Å². The van der Waals surface area contributed by atoms with Gasteiger partial charge in [-0.2, -0.15) is 5.10 Å². The van der Waals surface area contributed by atoms with E-state index in [9.17, 15) is 18.4 Å². The maximum atomic E-state index is 14.0. The first-order chi connectivity index (χ1) is 20.4. The van der Waals surface area contributed by atoms with E-state index in [0.717, 1.165) is 16.2 Å². The topological polar surface area (TPSA) is 96.5 Å². The molecule has 1 fully saturated rings. The molecule has 212 valence electrons. The van der Waals surface area contributed by atoms with Gasteiger partial charge in [0.2, 0.25) is 0 Å². The van der Waals surface area contributed by atoms with Gasteiger partial charge in [0.05, 0.1) is 23.9 Å². The Morgan fingerprint density at radius 2 is 1.86 bits per heavy atom. The fourth-order valence-corrected chi connectivity index (χ4v) is 5.08. The number of ether oxygens (including phenoxy) is 1. The lowest BCUT2D eigenvalue weighted by Gasteiger charge is -2.13. The smallest absolute Gasteiger partial charge is 0.267 e. The Kier molecular flexibility index (Phi) is 9.25. The zero-order valence-corrected chi connectivity index (χ0v) is 24.1. The molecule has 0 aliphatic carbocycles. The van der Waals surface area contributed by atoms with Gasteiger partial charge in [-0.25, -0.2) is 8.78 Å².